The van der Waals surface area contributed by atoms with E-state index < -0.39 is 11.7 Å². The van der Waals surface area contributed by atoms with E-state index in [4.69, 9.17) is 5.73 Å². The number of Topliss-reactive ketones (excluding diaryl/α,β-unsaturated/α-hetero) is 1. The molecule has 0 radical (unpaired) electrons. The van der Waals surface area contributed by atoms with E-state index in [0.29, 0.717) is 25.3 Å². The Morgan fingerprint density at radius 3 is 2.67 bits per heavy atom. The molecule has 7 nitrogen and oxygen atoms in total. The number of amides is 1. The highest BCUT2D eigenvalue weighted by atomic mass is 16.2. The molecule has 27 heavy (non-hydrogen) atoms. The summed E-state index contributed by atoms with van der Waals surface area (Å²) in [5.41, 5.74) is 7.55. The summed E-state index contributed by atoms with van der Waals surface area (Å²) in [5, 5.41) is 5.62. The molecule has 4 N–H and O–H groups in total. The number of anilines is 1. The van der Waals surface area contributed by atoms with Gasteiger partial charge in [0.05, 0.1) is 0 Å². The molecular weight excluding hydrogens is 342 g/mol. The molecule has 0 aliphatic carbocycles. The SMILES string of the molecule is C[C@@H](CCCN=C(N)Nc1ccccc1)C(=O)C(=O)NCc1cccnc1. The van der Waals surface area contributed by atoms with Crippen LogP contribution in [0.1, 0.15) is 25.3 Å². The molecule has 0 spiro atoms. The van der Waals surface area contributed by atoms with Crippen LogP contribution in [0.5, 0.6) is 0 Å². The predicted octanol–water partition coefficient (Wildman–Crippen LogP) is 2.11. The van der Waals surface area contributed by atoms with Crippen molar-refractivity contribution >= 4 is 23.3 Å². The smallest absolute Gasteiger partial charge is 0.287 e. The van der Waals surface area contributed by atoms with Gasteiger partial charge in [0.2, 0.25) is 5.78 Å². The lowest BCUT2D eigenvalue weighted by molar-refractivity contribution is -0.140. The van der Waals surface area contributed by atoms with Gasteiger partial charge in [0.15, 0.2) is 5.96 Å². The van der Waals surface area contributed by atoms with Gasteiger partial charge in [-0.1, -0.05) is 31.2 Å². The standard InChI is InChI=1S/C20H25N5O2/c1-15(18(26)19(27)24-14-16-8-6-11-22-13-16)7-5-12-23-20(21)25-17-9-3-2-4-10-17/h2-4,6,8-11,13,15H,5,7,12,14H2,1H3,(H,24,27)(H3,21,23,25)/t15-/m0/s1. The first-order chi connectivity index (χ1) is 13.1. The summed E-state index contributed by atoms with van der Waals surface area (Å²) in [6.07, 6.45) is 4.55. The van der Waals surface area contributed by atoms with Gasteiger partial charge in [-0.15, -0.1) is 0 Å². The normalized spacial score (nSPS) is 12.3. The van der Waals surface area contributed by atoms with Gasteiger partial charge >= 0.3 is 0 Å². The molecule has 1 amide bonds. The third-order valence-corrected chi connectivity index (χ3v) is 3.97. The van der Waals surface area contributed by atoms with Crippen molar-refractivity contribution in [3.8, 4) is 0 Å². The molecule has 1 aromatic heterocycles. The van der Waals surface area contributed by atoms with Crippen LogP contribution in [0, 0.1) is 5.92 Å². The molecule has 2 rings (SSSR count). The minimum Gasteiger partial charge on any atom is -0.370 e. The van der Waals surface area contributed by atoms with Gasteiger partial charge in [0, 0.05) is 37.1 Å². The van der Waals surface area contributed by atoms with Crippen molar-refractivity contribution in [3.05, 3.63) is 60.4 Å². The zero-order chi connectivity index (χ0) is 19.5. The lowest BCUT2D eigenvalue weighted by Crippen LogP contribution is -2.34. The molecule has 0 saturated carbocycles. The van der Waals surface area contributed by atoms with Crippen LogP contribution in [0.4, 0.5) is 5.69 Å². The number of carbonyl (C=O) groups is 2. The molecule has 0 aliphatic rings. The lowest BCUT2D eigenvalue weighted by Gasteiger charge is -2.10. The van der Waals surface area contributed by atoms with Crippen LogP contribution in [0.3, 0.4) is 0 Å². The summed E-state index contributed by atoms with van der Waals surface area (Å²) in [4.78, 5) is 32.3. The number of nitrogens with one attached hydrogen (secondary N) is 2. The second kappa shape index (κ2) is 10.7. The number of hydrogen-bond donors (Lipinski definition) is 3. The fourth-order valence-electron chi connectivity index (χ4n) is 2.43. The van der Waals surface area contributed by atoms with Crippen LogP contribution in [0.25, 0.3) is 0 Å². The minimum absolute atomic E-state index is 0.289. The first-order valence-electron chi connectivity index (χ1n) is 8.89. The molecule has 0 saturated heterocycles. The van der Waals surface area contributed by atoms with Crippen LogP contribution in [-0.2, 0) is 16.1 Å². The van der Waals surface area contributed by atoms with E-state index >= 15 is 0 Å². The van der Waals surface area contributed by atoms with Crippen LogP contribution >= 0.6 is 0 Å². The average molecular weight is 367 g/mol. The van der Waals surface area contributed by atoms with Crippen LogP contribution < -0.4 is 16.4 Å². The fourth-order valence-corrected chi connectivity index (χ4v) is 2.43. The number of para-hydroxylation sites is 1. The molecule has 1 aromatic carbocycles. The van der Waals surface area contributed by atoms with Crippen LogP contribution in [0.2, 0.25) is 0 Å². The highest BCUT2D eigenvalue weighted by Crippen LogP contribution is 2.08. The topological polar surface area (TPSA) is 109 Å². The summed E-state index contributed by atoms with van der Waals surface area (Å²) in [5.74, 6) is -1.02. The van der Waals surface area contributed by atoms with E-state index in [1.165, 1.54) is 0 Å². The molecule has 2 aromatic rings. The maximum absolute atomic E-state index is 12.1. The first-order valence-corrected chi connectivity index (χ1v) is 8.89. The molecule has 0 bridgehead atoms. The molecule has 7 heteroatoms. The van der Waals surface area contributed by atoms with E-state index in [1.807, 2.05) is 36.4 Å². The van der Waals surface area contributed by atoms with Gasteiger partial charge in [0.1, 0.15) is 0 Å². The third-order valence-electron chi connectivity index (χ3n) is 3.97. The number of benzene rings is 1. The zero-order valence-corrected chi connectivity index (χ0v) is 15.4. The molecule has 0 unspecified atom stereocenters. The first kappa shape index (κ1) is 20.1. The number of rotatable bonds is 9. The zero-order valence-electron chi connectivity index (χ0n) is 15.4. The van der Waals surface area contributed by atoms with Crippen molar-refractivity contribution in [2.24, 2.45) is 16.6 Å². The van der Waals surface area contributed by atoms with E-state index in [0.717, 1.165) is 11.3 Å². The minimum atomic E-state index is -0.569. The van der Waals surface area contributed by atoms with Crippen LogP contribution in [0.15, 0.2) is 59.9 Å². The summed E-state index contributed by atoms with van der Waals surface area (Å²) < 4.78 is 0. The van der Waals surface area contributed by atoms with Crippen molar-refractivity contribution in [1.82, 2.24) is 10.3 Å². The largest absolute Gasteiger partial charge is 0.370 e. The Balaban J connectivity index is 1.68. The summed E-state index contributed by atoms with van der Waals surface area (Å²) >= 11 is 0. The van der Waals surface area contributed by atoms with Crippen LogP contribution in [-0.4, -0.2) is 29.2 Å². The maximum Gasteiger partial charge on any atom is 0.287 e. The van der Waals surface area contributed by atoms with Gasteiger partial charge in [-0.3, -0.25) is 19.6 Å². The molecule has 1 atom stereocenters. The lowest BCUT2D eigenvalue weighted by atomic mass is 10.00. The fraction of sp³-hybridized carbons (Fsp3) is 0.300. The molecule has 0 aliphatic heterocycles. The van der Waals surface area contributed by atoms with Gasteiger partial charge in [-0.05, 0) is 36.6 Å². The van der Waals surface area contributed by atoms with Crippen molar-refractivity contribution in [2.45, 2.75) is 26.3 Å². The number of ketones is 1. The second-order valence-electron chi connectivity index (χ2n) is 6.21. The third kappa shape index (κ3) is 7.27. The predicted molar refractivity (Wildman–Crippen MR) is 106 cm³/mol. The Kier molecular flexibility index (Phi) is 7.96. The maximum atomic E-state index is 12.1. The molecule has 142 valence electrons. The highest BCUT2D eigenvalue weighted by Gasteiger charge is 2.20. The van der Waals surface area contributed by atoms with E-state index in [9.17, 15) is 9.59 Å². The average Bonchev–Trinajstić information content (AvgIpc) is 2.70. The Labute approximate surface area is 159 Å². The van der Waals surface area contributed by atoms with Crippen molar-refractivity contribution in [1.29, 1.82) is 0 Å². The van der Waals surface area contributed by atoms with Gasteiger partial charge < -0.3 is 16.4 Å². The number of carbonyl (C=O) groups excluding carboxylic acids is 2. The van der Waals surface area contributed by atoms with Crippen molar-refractivity contribution < 1.29 is 9.59 Å². The molecule has 0 fully saturated rings. The van der Waals surface area contributed by atoms with E-state index in [1.54, 1.807) is 25.4 Å². The quantitative estimate of drug-likeness (QED) is 0.272. The molecule has 1 heterocycles. The summed E-state index contributed by atoms with van der Waals surface area (Å²) in [7, 11) is 0. The van der Waals surface area contributed by atoms with E-state index in [-0.39, 0.29) is 12.5 Å². The van der Waals surface area contributed by atoms with Crippen molar-refractivity contribution in [2.75, 3.05) is 11.9 Å². The Hall–Kier alpha value is -3.22. The number of nitrogens with two attached hydrogens (primary N) is 1. The number of aliphatic imine (C=N–C) groups is 1. The number of pyridine rings is 1. The van der Waals surface area contributed by atoms with Gasteiger partial charge in [-0.25, -0.2) is 0 Å². The van der Waals surface area contributed by atoms with Gasteiger partial charge in [0.25, 0.3) is 5.91 Å². The second-order valence-corrected chi connectivity index (χ2v) is 6.21. The summed E-state index contributed by atoms with van der Waals surface area (Å²) in [6.45, 7) is 2.53. The Morgan fingerprint density at radius 1 is 1.19 bits per heavy atom. The Morgan fingerprint density at radius 2 is 1.96 bits per heavy atom. The Bertz CT molecular complexity index is 762. The number of aromatic nitrogens is 1. The monoisotopic (exact) mass is 367 g/mol. The van der Waals surface area contributed by atoms with Crippen molar-refractivity contribution in [3.63, 3.8) is 0 Å². The summed E-state index contributed by atoms with van der Waals surface area (Å²) in [6, 6.07) is 13.1. The van der Waals surface area contributed by atoms with E-state index in [2.05, 4.69) is 20.6 Å². The number of guanidine groups is 1. The van der Waals surface area contributed by atoms with Gasteiger partial charge in [-0.2, -0.15) is 0 Å². The number of hydrogen-bond acceptors (Lipinski definition) is 4. The molecular formula is C20H25N5O2. The highest BCUT2D eigenvalue weighted by molar-refractivity contribution is 6.36. The number of nitrogens with zero attached hydrogens (tertiary/aromatic N) is 2.